The Balaban J connectivity index is 1.78. The van der Waals surface area contributed by atoms with Crippen molar-refractivity contribution in [3.8, 4) is 0 Å². The van der Waals surface area contributed by atoms with E-state index in [0.717, 1.165) is 22.4 Å². The average Bonchev–Trinajstić information content (AvgIpc) is 2.67. The van der Waals surface area contributed by atoms with Gasteiger partial charge in [0.05, 0.1) is 0 Å². The van der Waals surface area contributed by atoms with Gasteiger partial charge >= 0.3 is 0 Å². The van der Waals surface area contributed by atoms with E-state index in [1.165, 1.54) is 0 Å². The van der Waals surface area contributed by atoms with E-state index in [1.807, 2.05) is 91.0 Å². The third-order valence-electron chi connectivity index (χ3n) is 3.67. The van der Waals surface area contributed by atoms with Crippen molar-refractivity contribution in [1.82, 2.24) is 0 Å². The maximum Gasteiger partial charge on any atom is 0.147 e. The van der Waals surface area contributed by atoms with Crippen LogP contribution in [0.4, 0.5) is 0 Å². The van der Waals surface area contributed by atoms with Crippen molar-refractivity contribution < 1.29 is 9.94 Å². The first-order valence-corrected chi connectivity index (χ1v) is 7.88. The SMILES string of the molecule is OC(CON=C(c1ccccc1)c1ccccc1)c1ccccc1. The topological polar surface area (TPSA) is 41.8 Å². The maximum atomic E-state index is 10.2. The van der Waals surface area contributed by atoms with Gasteiger partial charge in [0.2, 0.25) is 0 Å². The smallest absolute Gasteiger partial charge is 0.147 e. The van der Waals surface area contributed by atoms with Gasteiger partial charge in [0.15, 0.2) is 0 Å². The molecule has 0 amide bonds. The molecule has 0 spiro atoms. The Bertz CT molecular complexity index is 729. The molecule has 0 saturated carbocycles. The molecule has 0 aromatic heterocycles. The van der Waals surface area contributed by atoms with Crippen LogP contribution in [0.1, 0.15) is 22.8 Å². The number of hydrogen-bond donors (Lipinski definition) is 1. The molecule has 3 aromatic carbocycles. The lowest BCUT2D eigenvalue weighted by Crippen LogP contribution is -2.08. The predicted molar refractivity (Wildman–Crippen MR) is 95.9 cm³/mol. The molecule has 0 fully saturated rings. The second kappa shape index (κ2) is 8.09. The molecule has 0 radical (unpaired) electrons. The molecule has 3 aromatic rings. The number of oxime groups is 1. The molecule has 1 unspecified atom stereocenters. The van der Waals surface area contributed by atoms with Crippen molar-refractivity contribution in [2.75, 3.05) is 6.61 Å². The Morgan fingerprint density at radius 2 is 1.21 bits per heavy atom. The molecule has 3 rings (SSSR count). The fourth-order valence-electron chi connectivity index (χ4n) is 2.41. The molecular weight excluding hydrogens is 298 g/mol. The van der Waals surface area contributed by atoms with Crippen LogP contribution >= 0.6 is 0 Å². The molecule has 0 aliphatic carbocycles. The van der Waals surface area contributed by atoms with Gasteiger partial charge in [-0.3, -0.25) is 0 Å². The lowest BCUT2D eigenvalue weighted by Gasteiger charge is -2.11. The van der Waals surface area contributed by atoms with E-state index >= 15 is 0 Å². The molecular formula is C21H19NO2. The van der Waals surface area contributed by atoms with Crippen LogP contribution in [0.3, 0.4) is 0 Å². The monoisotopic (exact) mass is 317 g/mol. The van der Waals surface area contributed by atoms with Gasteiger partial charge < -0.3 is 9.94 Å². The fraction of sp³-hybridized carbons (Fsp3) is 0.0952. The van der Waals surface area contributed by atoms with Gasteiger partial charge in [0, 0.05) is 11.1 Å². The highest BCUT2D eigenvalue weighted by Crippen LogP contribution is 2.14. The zero-order valence-electron chi connectivity index (χ0n) is 13.2. The number of aliphatic hydroxyl groups is 1. The number of aliphatic hydroxyl groups excluding tert-OH is 1. The van der Waals surface area contributed by atoms with Crippen LogP contribution in [0.2, 0.25) is 0 Å². The summed E-state index contributed by atoms with van der Waals surface area (Å²) < 4.78 is 0. The summed E-state index contributed by atoms with van der Waals surface area (Å²) in [6.07, 6.45) is -0.706. The minimum absolute atomic E-state index is 0.104. The molecule has 24 heavy (non-hydrogen) atoms. The van der Waals surface area contributed by atoms with Gasteiger partial charge in [-0.1, -0.05) is 96.2 Å². The second-order valence-corrected chi connectivity index (χ2v) is 5.39. The molecule has 0 heterocycles. The summed E-state index contributed by atoms with van der Waals surface area (Å²) in [6.45, 7) is 0.104. The lowest BCUT2D eigenvalue weighted by atomic mass is 10.0. The first kappa shape index (κ1) is 16.0. The van der Waals surface area contributed by atoms with Gasteiger partial charge in [0.1, 0.15) is 18.4 Å². The first-order valence-electron chi connectivity index (χ1n) is 7.88. The van der Waals surface area contributed by atoms with Gasteiger partial charge in [0.25, 0.3) is 0 Å². The highest BCUT2D eigenvalue weighted by molar-refractivity contribution is 6.12. The summed E-state index contributed by atoms with van der Waals surface area (Å²) in [5.41, 5.74) is 3.50. The molecule has 3 nitrogen and oxygen atoms in total. The van der Waals surface area contributed by atoms with E-state index in [-0.39, 0.29) is 6.61 Å². The van der Waals surface area contributed by atoms with Crippen LogP contribution in [-0.2, 0) is 4.84 Å². The predicted octanol–water partition coefficient (Wildman–Crippen LogP) is 4.19. The summed E-state index contributed by atoms with van der Waals surface area (Å²) in [6, 6.07) is 29.2. The zero-order valence-corrected chi connectivity index (χ0v) is 13.2. The lowest BCUT2D eigenvalue weighted by molar-refractivity contribution is 0.0396. The third kappa shape index (κ3) is 4.09. The minimum Gasteiger partial charge on any atom is -0.392 e. The third-order valence-corrected chi connectivity index (χ3v) is 3.67. The average molecular weight is 317 g/mol. The number of hydrogen-bond acceptors (Lipinski definition) is 3. The molecule has 1 N–H and O–H groups in total. The molecule has 0 saturated heterocycles. The summed E-state index contributed by atoms with van der Waals surface area (Å²) in [4.78, 5) is 5.46. The number of benzene rings is 3. The highest BCUT2D eigenvalue weighted by atomic mass is 16.6. The van der Waals surface area contributed by atoms with E-state index in [0.29, 0.717) is 0 Å². The summed E-state index contributed by atoms with van der Waals surface area (Å²) in [7, 11) is 0. The Morgan fingerprint density at radius 1 is 0.750 bits per heavy atom. The quantitative estimate of drug-likeness (QED) is 0.547. The summed E-state index contributed by atoms with van der Waals surface area (Å²) >= 11 is 0. The normalized spacial score (nSPS) is 11.5. The molecule has 0 aliphatic rings. The number of rotatable bonds is 6. The second-order valence-electron chi connectivity index (χ2n) is 5.39. The van der Waals surface area contributed by atoms with Crippen LogP contribution in [0.25, 0.3) is 0 Å². The summed E-state index contributed by atoms with van der Waals surface area (Å²) in [5, 5.41) is 14.5. The zero-order chi connectivity index (χ0) is 16.6. The van der Waals surface area contributed by atoms with E-state index < -0.39 is 6.10 Å². The molecule has 1 atom stereocenters. The Morgan fingerprint density at radius 3 is 1.71 bits per heavy atom. The molecule has 3 heteroatoms. The molecule has 120 valence electrons. The van der Waals surface area contributed by atoms with E-state index in [4.69, 9.17) is 4.84 Å². The largest absolute Gasteiger partial charge is 0.392 e. The molecule has 0 bridgehead atoms. The highest BCUT2D eigenvalue weighted by Gasteiger charge is 2.10. The Hall–Kier alpha value is -2.91. The fourth-order valence-corrected chi connectivity index (χ4v) is 2.41. The van der Waals surface area contributed by atoms with Crippen molar-refractivity contribution in [3.63, 3.8) is 0 Å². The van der Waals surface area contributed by atoms with E-state index in [1.54, 1.807) is 0 Å². The van der Waals surface area contributed by atoms with Crippen molar-refractivity contribution in [2.24, 2.45) is 5.16 Å². The minimum atomic E-state index is -0.706. The van der Waals surface area contributed by atoms with Crippen molar-refractivity contribution >= 4 is 5.71 Å². The van der Waals surface area contributed by atoms with Crippen LogP contribution < -0.4 is 0 Å². The summed E-state index contributed by atoms with van der Waals surface area (Å²) in [5.74, 6) is 0. The van der Waals surface area contributed by atoms with Crippen LogP contribution in [0, 0.1) is 0 Å². The van der Waals surface area contributed by atoms with Crippen LogP contribution in [0.15, 0.2) is 96.2 Å². The van der Waals surface area contributed by atoms with Crippen molar-refractivity contribution in [2.45, 2.75) is 6.10 Å². The van der Waals surface area contributed by atoms with Crippen LogP contribution in [-0.4, -0.2) is 17.4 Å². The van der Waals surface area contributed by atoms with Gasteiger partial charge in [-0.15, -0.1) is 0 Å². The van der Waals surface area contributed by atoms with Crippen LogP contribution in [0.5, 0.6) is 0 Å². The Kier molecular flexibility index (Phi) is 5.38. The standard InChI is InChI=1S/C21H19NO2/c23-20(17-10-4-1-5-11-17)16-24-22-21(18-12-6-2-7-13-18)19-14-8-3-9-15-19/h1-15,20,23H,16H2. The van der Waals surface area contributed by atoms with Gasteiger partial charge in [-0.25, -0.2) is 0 Å². The van der Waals surface area contributed by atoms with E-state index in [2.05, 4.69) is 5.16 Å². The van der Waals surface area contributed by atoms with Gasteiger partial charge in [-0.2, -0.15) is 0 Å². The van der Waals surface area contributed by atoms with E-state index in [9.17, 15) is 5.11 Å². The Labute approximate surface area is 141 Å². The van der Waals surface area contributed by atoms with Gasteiger partial charge in [-0.05, 0) is 5.56 Å². The van der Waals surface area contributed by atoms with Crippen molar-refractivity contribution in [3.05, 3.63) is 108 Å². The number of nitrogens with zero attached hydrogens (tertiary/aromatic N) is 1. The first-order chi connectivity index (χ1) is 11.8. The maximum absolute atomic E-state index is 10.2. The van der Waals surface area contributed by atoms with Crippen molar-refractivity contribution in [1.29, 1.82) is 0 Å². The molecule has 0 aliphatic heterocycles.